The highest BCUT2D eigenvalue weighted by atomic mass is 19.4. The number of hydrogen-bond donors (Lipinski definition) is 2. The third-order valence-corrected chi connectivity index (χ3v) is 3.96. The number of aliphatic carboxylic acids is 1. The number of fused-ring (bicyclic) bond motifs is 1. The second kappa shape index (κ2) is 9.11. The average molecular weight is 464 g/mol. The van der Waals surface area contributed by atoms with E-state index < -0.39 is 49.0 Å². The van der Waals surface area contributed by atoms with Gasteiger partial charge in [-0.15, -0.1) is 0 Å². The van der Waals surface area contributed by atoms with Crippen molar-refractivity contribution in [3.63, 3.8) is 0 Å². The first-order chi connectivity index (χ1) is 14.2. The van der Waals surface area contributed by atoms with E-state index in [4.69, 9.17) is 9.90 Å². The summed E-state index contributed by atoms with van der Waals surface area (Å²) in [7, 11) is 0. The van der Waals surface area contributed by atoms with Gasteiger partial charge in [0.2, 0.25) is 0 Å². The maximum Gasteiger partial charge on any atom is 0.490 e. The van der Waals surface area contributed by atoms with Crippen LogP contribution < -0.4 is 10.2 Å². The number of aromatic nitrogens is 2. The highest BCUT2D eigenvalue weighted by molar-refractivity contribution is 5.89. The topological polar surface area (TPSA) is 78.4 Å². The van der Waals surface area contributed by atoms with E-state index in [1.165, 1.54) is 11.0 Å². The number of alkyl halides is 8. The third-order valence-electron chi connectivity index (χ3n) is 3.96. The van der Waals surface area contributed by atoms with Crippen molar-refractivity contribution < 1.29 is 49.4 Å². The van der Waals surface area contributed by atoms with Gasteiger partial charge < -0.3 is 15.3 Å². The second-order valence-electron chi connectivity index (χ2n) is 6.16. The summed E-state index contributed by atoms with van der Waals surface area (Å²) in [5.41, 5.74) is 0.0544. The molecule has 1 unspecified atom stereocenters. The highest BCUT2D eigenvalue weighted by Gasteiger charge is 2.42. The Morgan fingerprint density at radius 3 is 2.29 bits per heavy atom. The van der Waals surface area contributed by atoms with Crippen LogP contribution in [-0.2, 0) is 4.79 Å². The van der Waals surface area contributed by atoms with Crippen LogP contribution in [0.5, 0.6) is 0 Å². The minimum absolute atomic E-state index is 0.00496. The maximum absolute atomic E-state index is 13.5. The Bertz CT molecular complexity index is 934. The van der Waals surface area contributed by atoms with Crippen molar-refractivity contribution in [1.29, 1.82) is 0 Å². The molecule has 0 amide bonds. The standard InChI is InChI=1S/C14H12F6N4.C2HF3O2/c15-7-1-2-9-8(5-7)13(23-12(22-9)11(16)17)24-4-3-21-10(6-24)14(18,19)20;3-2(4,5)1(6)7/h1-2,5,10-11,21H,3-4,6H2;(H,6,7). The minimum atomic E-state index is -5.08. The number of hydrogen-bond acceptors (Lipinski definition) is 5. The Labute approximate surface area is 167 Å². The smallest absolute Gasteiger partial charge is 0.475 e. The molecule has 1 aromatic carbocycles. The van der Waals surface area contributed by atoms with E-state index in [9.17, 15) is 39.5 Å². The van der Waals surface area contributed by atoms with Crippen LogP contribution in [0.25, 0.3) is 10.9 Å². The normalized spacial score (nSPS) is 17.5. The number of nitrogens with zero attached hydrogens (tertiary/aromatic N) is 3. The van der Waals surface area contributed by atoms with Gasteiger partial charge in [-0.05, 0) is 18.2 Å². The summed E-state index contributed by atoms with van der Waals surface area (Å²) >= 11 is 0. The van der Waals surface area contributed by atoms with Gasteiger partial charge >= 0.3 is 18.3 Å². The Morgan fingerprint density at radius 1 is 1.16 bits per heavy atom. The molecular weight excluding hydrogens is 451 g/mol. The lowest BCUT2D eigenvalue weighted by Gasteiger charge is -2.35. The summed E-state index contributed by atoms with van der Waals surface area (Å²) in [6.07, 6.45) is -12.6. The number of rotatable bonds is 2. The number of carboxylic acid groups (broad SMARTS) is 1. The molecule has 1 aliphatic rings. The molecule has 2 aromatic rings. The predicted octanol–water partition coefficient (Wildman–Crippen LogP) is 3.68. The first kappa shape index (κ1) is 24.4. The van der Waals surface area contributed by atoms with E-state index in [0.717, 1.165) is 12.1 Å². The third kappa shape index (κ3) is 6.32. The van der Waals surface area contributed by atoms with Crippen molar-refractivity contribution >= 4 is 22.7 Å². The van der Waals surface area contributed by atoms with Gasteiger partial charge in [0.25, 0.3) is 6.43 Å². The number of carboxylic acids is 1. The molecule has 1 aromatic heterocycles. The van der Waals surface area contributed by atoms with Gasteiger partial charge in [0, 0.05) is 25.0 Å². The van der Waals surface area contributed by atoms with Crippen molar-refractivity contribution in [1.82, 2.24) is 15.3 Å². The van der Waals surface area contributed by atoms with Crippen LogP contribution in [0.2, 0.25) is 0 Å². The number of piperazine rings is 1. The van der Waals surface area contributed by atoms with Gasteiger partial charge in [0.1, 0.15) is 17.7 Å². The monoisotopic (exact) mass is 464 g/mol. The predicted molar refractivity (Wildman–Crippen MR) is 88.2 cm³/mol. The van der Waals surface area contributed by atoms with E-state index in [2.05, 4.69) is 15.3 Å². The Morgan fingerprint density at radius 2 is 1.77 bits per heavy atom. The Kier molecular flexibility index (Phi) is 7.18. The van der Waals surface area contributed by atoms with E-state index in [-0.39, 0.29) is 29.8 Å². The van der Waals surface area contributed by atoms with Gasteiger partial charge in [-0.3, -0.25) is 0 Å². The summed E-state index contributed by atoms with van der Waals surface area (Å²) < 4.78 is 110. The van der Waals surface area contributed by atoms with E-state index >= 15 is 0 Å². The van der Waals surface area contributed by atoms with Crippen molar-refractivity contribution in [3.8, 4) is 0 Å². The molecule has 1 atom stereocenters. The van der Waals surface area contributed by atoms with Crippen LogP contribution in [0, 0.1) is 5.82 Å². The first-order valence-corrected chi connectivity index (χ1v) is 8.30. The van der Waals surface area contributed by atoms with Gasteiger partial charge in [-0.2, -0.15) is 26.3 Å². The largest absolute Gasteiger partial charge is 0.490 e. The molecule has 0 aliphatic carbocycles. The minimum Gasteiger partial charge on any atom is -0.475 e. The molecule has 2 heterocycles. The van der Waals surface area contributed by atoms with Crippen LogP contribution in [-0.4, -0.2) is 59.1 Å². The van der Waals surface area contributed by atoms with Crippen molar-refractivity contribution in [2.45, 2.75) is 24.8 Å². The fourth-order valence-corrected chi connectivity index (χ4v) is 2.60. The zero-order chi connectivity index (χ0) is 23.6. The van der Waals surface area contributed by atoms with E-state index in [0.29, 0.717) is 0 Å². The number of nitrogens with one attached hydrogen (secondary N) is 1. The Hall–Kier alpha value is -2.84. The number of benzene rings is 1. The molecule has 1 fully saturated rings. The van der Waals surface area contributed by atoms with Crippen LogP contribution in [0.1, 0.15) is 12.2 Å². The fraction of sp³-hybridized carbons (Fsp3) is 0.438. The molecular formula is C16H13F9N4O2. The average Bonchev–Trinajstić information content (AvgIpc) is 2.66. The molecule has 0 spiro atoms. The lowest BCUT2D eigenvalue weighted by atomic mass is 10.1. The van der Waals surface area contributed by atoms with Crippen LogP contribution >= 0.6 is 0 Å². The highest BCUT2D eigenvalue weighted by Crippen LogP contribution is 2.30. The molecule has 3 rings (SSSR count). The van der Waals surface area contributed by atoms with Crippen molar-refractivity contribution in [2.24, 2.45) is 0 Å². The van der Waals surface area contributed by atoms with Crippen LogP contribution in [0.3, 0.4) is 0 Å². The van der Waals surface area contributed by atoms with E-state index in [1.54, 1.807) is 0 Å². The number of anilines is 1. The SMILES string of the molecule is Fc1ccc2nc(C(F)F)nc(N3CCNC(C(F)(F)F)C3)c2c1.O=C(O)C(F)(F)F. The lowest BCUT2D eigenvalue weighted by molar-refractivity contribution is -0.192. The molecule has 0 bridgehead atoms. The summed E-state index contributed by atoms with van der Waals surface area (Å²) in [5.74, 6) is -4.33. The summed E-state index contributed by atoms with van der Waals surface area (Å²) in [4.78, 5) is 17.5. The summed E-state index contributed by atoms with van der Waals surface area (Å²) in [6, 6.07) is 1.46. The van der Waals surface area contributed by atoms with E-state index in [1.807, 2.05) is 0 Å². The molecule has 0 radical (unpaired) electrons. The summed E-state index contributed by atoms with van der Waals surface area (Å²) in [6.45, 7) is -0.387. The van der Waals surface area contributed by atoms with Crippen LogP contribution in [0.15, 0.2) is 18.2 Å². The van der Waals surface area contributed by atoms with Gasteiger partial charge in [-0.25, -0.2) is 27.9 Å². The van der Waals surface area contributed by atoms with Gasteiger partial charge in [0.15, 0.2) is 5.82 Å². The summed E-state index contributed by atoms with van der Waals surface area (Å²) in [5, 5.41) is 9.55. The number of carbonyl (C=O) groups is 1. The zero-order valence-corrected chi connectivity index (χ0v) is 15.1. The maximum atomic E-state index is 13.5. The lowest BCUT2D eigenvalue weighted by Crippen LogP contribution is -2.57. The Balaban J connectivity index is 0.000000423. The molecule has 15 heteroatoms. The molecule has 1 saturated heterocycles. The van der Waals surface area contributed by atoms with Crippen LogP contribution in [0.4, 0.5) is 45.3 Å². The quantitative estimate of drug-likeness (QED) is 0.661. The molecule has 2 N–H and O–H groups in total. The zero-order valence-electron chi connectivity index (χ0n) is 15.1. The second-order valence-corrected chi connectivity index (χ2v) is 6.16. The molecule has 6 nitrogen and oxygen atoms in total. The van der Waals surface area contributed by atoms with Gasteiger partial charge in [-0.1, -0.05) is 0 Å². The molecule has 172 valence electrons. The molecule has 1 aliphatic heterocycles. The first-order valence-electron chi connectivity index (χ1n) is 8.30. The fourth-order valence-electron chi connectivity index (χ4n) is 2.60. The number of halogens is 9. The van der Waals surface area contributed by atoms with Gasteiger partial charge in [0.05, 0.1) is 5.52 Å². The van der Waals surface area contributed by atoms with Crippen molar-refractivity contribution in [3.05, 3.63) is 29.8 Å². The molecule has 0 saturated carbocycles. The van der Waals surface area contributed by atoms with Crippen molar-refractivity contribution in [2.75, 3.05) is 24.5 Å². The molecule has 31 heavy (non-hydrogen) atoms.